The Kier molecular flexibility index (Phi) is 5.10. The molecule has 4 rings (SSSR count). The monoisotopic (exact) mass is 390 g/mol. The minimum atomic E-state index is -0.339. The van der Waals surface area contributed by atoms with E-state index in [-0.39, 0.29) is 30.7 Å². The maximum atomic E-state index is 12.3. The second kappa shape index (κ2) is 8.01. The van der Waals surface area contributed by atoms with Crippen LogP contribution in [0.15, 0.2) is 58.4 Å². The summed E-state index contributed by atoms with van der Waals surface area (Å²) in [6, 6.07) is 11.0. The van der Waals surface area contributed by atoms with Gasteiger partial charge in [-0.1, -0.05) is 22.9 Å². The Morgan fingerprint density at radius 3 is 2.79 bits per heavy atom. The zero-order chi connectivity index (χ0) is 20.2. The molecule has 3 heterocycles. The first-order valence-electron chi connectivity index (χ1n) is 9.07. The summed E-state index contributed by atoms with van der Waals surface area (Å²) in [6.45, 7) is 1.77. The molecule has 0 atom stereocenters. The van der Waals surface area contributed by atoms with Gasteiger partial charge in [0.15, 0.2) is 0 Å². The summed E-state index contributed by atoms with van der Waals surface area (Å²) >= 11 is 0. The van der Waals surface area contributed by atoms with Gasteiger partial charge in [0.2, 0.25) is 17.6 Å². The molecule has 1 aliphatic heterocycles. The van der Waals surface area contributed by atoms with Crippen LogP contribution in [0.4, 0.5) is 5.69 Å². The van der Waals surface area contributed by atoms with Gasteiger partial charge in [-0.2, -0.15) is 10.1 Å². The summed E-state index contributed by atoms with van der Waals surface area (Å²) in [6.07, 6.45) is 3.86. The number of hydrogen-bond donors (Lipinski definition) is 1. The fourth-order valence-corrected chi connectivity index (χ4v) is 2.81. The molecule has 9 heteroatoms. The van der Waals surface area contributed by atoms with Crippen molar-refractivity contribution >= 4 is 23.2 Å². The van der Waals surface area contributed by atoms with E-state index in [9.17, 15) is 9.59 Å². The van der Waals surface area contributed by atoms with Gasteiger partial charge in [0.05, 0.1) is 0 Å². The molecule has 0 saturated heterocycles. The zero-order valence-electron chi connectivity index (χ0n) is 15.7. The van der Waals surface area contributed by atoms with E-state index in [0.29, 0.717) is 29.2 Å². The maximum Gasteiger partial charge on any atom is 0.274 e. The van der Waals surface area contributed by atoms with Gasteiger partial charge in [-0.25, -0.2) is 5.01 Å². The third kappa shape index (κ3) is 4.34. The number of nitrogens with zero attached hydrogens (tertiary/aromatic N) is 5. The maximum absolute atomic E-state index is 12.3. The number of anilines is 1. The predicted molar refractivity (Wildman–Crippen MR) is 105 cm³/mol. The zero-order valence-corrected chi connectivity index (χ0v) is 15.7. The molecule has 3 aromatic rings. The number of benzene rings is 1. The van der Waals surface area contributed by atoms with Crippen LogP contribution in [0.2, 0.25) is 0 Å². The van der Waals surface area contributed by atoms with E-state index in [1.165, 1.54) is 0 Å². The third-order valence-corrected chi connectivity index (χ3v) is 4.33. The Morgan fingerprint density at radius 2 is 2.03 bits per heavy atom. The number of amides is 2. The van der Waals surface area contributed by atoms with Crippen LogP contribution >= 0.6 is 0 Å². The lowest BCUT2D eigenvalue weighted by Crippen LogP contribution is -2.38. The van der Waals surface area contributed by atoms with Gasteiger partial charge in [-0.15, -0.1) is 0 Å². The highest BCUT2D eigenvalue weighted by Gasteiger charge is 2.26. The van der Waals surface area contributed by atoms with Gasteiger partial charge < -0.3 is 9.84 Å². The molecule has 0 unspecified atom stereocenters. The minimum Gasteiger partial charge on any atom is -0.332 e. The van der Waals surface area contributed by atoms with Crippen LogP contribution in [0.5, 0.6) is 0 Å². The Labute approximate surface area is 166 Å². The van der Waals surface area contributed by atoms with E-state index in [2.05, 4.69) is 25.5 Å². The summed E-state index contributed by atoms with van der Waals surface area (Å²) in [5.74, 6) is 0.0326. The molecule has 9 nitrogen and oxygen atoms in total. The lowest BCUT2D eigenvalue weighted by atomic mass is 10.1. The fraction of sp³-hybridized carbons (Fsp3) is 0.200. The Bertz CT molecular complexity index is 1060. The molecule has 146 valence electrons. The van der Waals surface area contributed by atoms with Gasteiger partial charge in [-0.3, -0.25) is 14.6 Å². The van der Waals surface area contributed by atoms with E-state index in [0.717, 1.165) is 10.6 Å². The molecule has 2 amide bonds. The number of hydrogen-bond acceptors (Lipinski definition) is 7. The van der Waals surface area contributed by atoms with E-state index >= 15 is 0 Å². The summed E-state index contributed by atoms with van der Waals surface area (Å²) in [7, 11) is 0. The number of hydrazone groups is 1. The van der Waals surface area contributed by atoms with Gasteiger partial charge in [0.25, 0.3) is 5.89 Å². The van der Waals surface area contributed by atoms with Crippen molar-refractivity contribution in [2.75, 3.05) is 11.9 Å². The largest absolute Gasteiger partial charge is 0.332 e. The molecule has 0 saturated carbocycles. The van der Waals surface area contributed by atoms with Crippen molar-refractivity contribution in [1.29, 1.82) is 0 Å². The molecule has 1 aromatic carbocycles. The molecular weight excluding hydrogens is 372 g/mol. The molecule has 1 aliphatic rings. The predicted octanol–water partition coefficient (Wildman–Crippen LogP) is 2.41. The van der Waals surface area contributed by atoms with Crippen molar-refractivity contribution in [3.05, 3.63) is 60.2 Å². The molecule has 0 bridgehead atoms. The Hall–Kier alpha value is -3.88. The smallest absolute Gasteiger partial charge is 0.274 e. The fourth-order valence-electron chi connectivity index (χ4n) is 2.81. The molecule has 1 N–H and O–H groups in total. The van der Waals surface area contributed by atoms with Crippen LogP contribution in [0, 0.1) is 6.92 Å². The summed E-state index contributed by atoms with van der Waals surface area (Å²) in [4.78, 5) is 32.9. The molecule has 0 spiro atoms. The second-order valence-corrected chi connectivity index (χ2v) is 6.58. The Balaban J connectivity index is 1.47. The van der Waals surface area contributed by atoms with Crippen molar-refractivity contribution in [3.63, 3.8) is 0 Å². The number of rotatable bonds is 5. The first-order valence-corrected chi connectivity index (χ1v) is 9.07. The molecular formula is C20H18N6O3. The highest BCUT2D eigenvalue weighted by atomic mass is 16.5. The molecule has 0 aliphatic carbocycles. The molecule has 2 aromatic heterocycles. The second-order valence-electron chi connectivity index (χ2n) is 6.58. The molecule has 0 radical (unpaired) electrons. The van der Waals surface area contributed by atoms with Crippen LogP contribution in [0.1, 0.15) is 24.3 Å². The van der Waals surface area contributed by atoms with E-state index < -0.39 is 0 Å². The minimum absolute atomic E-state index is 0.195. The van der Waals surface area contributed by atoms with Crippen LogP contribution in [0.25, 0.3) is 11.4 Å². The molecule has 0 fully saturated rings. The van der Waals surface area contributed by atoms with Gasteiger partial charge >= 0.3 is 0 Å². The van der Waals surface area contributed by atoms with Crippen molar-refractivity contribution in [2.24, 2.45) is 5.10 Å². The number of aryl methyl sites for hydroxylation is 1. The van der Waals surface area contributed by atoms with Crippen LogP contribution < -0.4 is 5.32 Å². The van der Waals surface area contributed by atoms with Crippen LogP contribution in [-0.2, 0) is 9.59 Å². The summed E-state index contributed by atoms with van der Waals surface area (Å²) in [5.41, 5.74) is 2.93. The molecule has 29 heavy (non-hydrogen) atoms. The highest BCUT2D eigenvalue weighted by molar-refractivity contribution is 6.02. The highest BCUT2D eigenvalue weighted by Crippen LogP contribution is 2.18. The van der Waals surface area contributed by atoms with Crippen molar-refractivity contribution in [1.82, 2.24) is 20.1 Å². The van der Waals surface area contributed by atoms with E-state index in [4.69, 9.17) is 4.52 Å². The van der Waals surface area contributed by atoms with Gasteiger partial charge in [0.1, 0.15) is 12.3 Å². The lowest BCUT2D eigenvalue weighted by molar-refractivity contribution is -0.135. The third-order valence-electron chi connectivity index (χ3n) is 4.33. The lowest BCUT2D eigenvalue weighted by Gasteiger charge is -2.21. The standard InChI is InChI=1S/C20H18N6O3/c1-13-4-6-15(7-5-13)22-17(27)12-26-18(28)9-8-16(24-26)20-23-19(25-29-20)14-3-2-10-21-11-14/h2-7,10-11H,8-9,12H2,1H3,(H,22,27). The van der Waals surface area contributed by atoms with Crippen molar-refractivity contribution in [3.8, 4) is 11.4 Å². The average Bonchev–Trinajstić information content (AvgIpc) is 3.22. The number of nitrogens with one attached hydrogen (secondary N) is 1. The number of pyridine rings is 1. The SMILES string of the molecule is Cc1ccc(NC(=O)CN2N=C(c3nc(-c4cccnc4)no3)CCC2=O)cc1. The van der Waals surface area contributed by atoms with E-state index in [1.807, 2.05) is 25.1 Å². The summed E-state index contributed by atoms with van der Waals surface area (Å²) in [5, 5.41) is 12.1. The van der Waals surface area contributed by atoms with Crippen LogP contribution in [0.3, 0.4) is 0 Å². The quantitative estimate of drug-likeness (QED) is 0.716. The van der Waals surface area contributed by atoms with Crippen molar-refractivity contribution in [2.45, 2.75) is 19.8 Å². The number of aromatic nitrogens is 3. The van der Waals surface area contributed by atoms with Crippen molar-refractivity contribution < 1.29 is 14.1 Å². The average molecular weight is 390 g/mol. The summed E-state index contributed by atoms with van der Waals surface area (Å²) < 4.78 is 5.30. The first kappa shape index (κ1) is 18.5. The number of carbonyl (C=O) groups excluding carboxylic acids is 2. The topological polar surface area (TPSA) is 114 Å². The van der Waals surface area contributed by atoms with Gasteiger partial charge in [0, 0.05) is 36.5 Å². The number of carbonyl (C=O) groups is 2. The Morgan fingerprint density at radius 1 is 1.21 bits per heavy atom. The van der Waals surface area contributed by atoms with Crippen LogP contribution in [-0.4, -0.2) is 44.2 Å². The van der Waals surface area contributed by atoms with Gasteiger partial charge in [-0.05, 0) is 31.2 Å². The normalized spacial score (nSPS) is 13.9. The first-order chi connectivity index (χ1) is 14.1. The van der Waals surface area contributed by atoms with E-state index in [1.54, 1.807) is 30.6 Å².